The topological polar surface area (TPSA) is 30.0 Å². The van der Waals surface area contributed by atoms with Crippen LogP contribution in [0.1, 0.15) is 45.6 Å². The second-order valence-corrected chi connectivity index (χ2v) is 7.04. The molecule has 2 heteroatoms. The van der Waals surface area contributed by atoms with E-state index in [1.807, 2.05) is 18.5 Å². The van der Waals surface area contributed by atoms with Gasteiger partial charge in [-0.3, -0.25) is 9.78 Å². The van der Waals surface area contributed by atoms with E-state index in [0.717, 1.165) is 24.6 Å². The van der Waals surface area contributed by atoms with Crippen molar-refractivity contribution in [2.24, 2.45) is 11.8 Å². The lowest BCUT2D eigenvalue weighted by Gasteiger charge is -2.38. The van der Waals surface area contributed by atoms with E-state index in [9.17, 15) is 4.79 Å². The van der Waals surface area contributed by atoms with Crippen LogP contribution in [0.25, 0.3) is 10.8 Å². The van der Waals surface area contributed by atoms with Gasteiger partial charge in [0, 0.05) is 35.5 Å². The van der Waals surface area contributed by atoms with Crippen molar-refractivity contribution in [3.05, 3.63) is 42.2 Å². The molecule has 2 nitrogen and oxygen atoms in total. The molecule has 0 N–H and O–H groups in total. The average Bonchev–Trinajstić information content (AvgIpc) is 2.46. The number of hydrogen-bond donors (Lipinski definition) is 0. The summed E-state index contributed by atoms with van der Waals surface area (Å²) in [5.41, 5.74) is 1.04. The fraction of sp³-hybridized carbons (Fsp3) is 0.474. The fourth-order valence-corrected chi connectivity index (χ4v) is 3.78. The van der Waals surface area contributed by atoms with Crippen LogP contribution in [0.2, 0.25) is 0 Å². The molecule has 2 atom stereocenters. The molecular formula is C19H23NO. The van der Waals surface area contributed by atoms with Gasteiger partial charge in [0.15, 0.2) is 0 Å². The van der Waals surface area contributed by atoms with Gasteiger partial charge in [0.05, 0.1) is 0 Å². The smallest absolute Gasteiger partial charge is 0.137 e. The summed E-state index contributed by atoms with van der Waals surface area (Å²) in [6.45, 7) is 6.59. The van der Waals surface area contributed by atoms with Crippen molar-refractivity contribution < 1.29 is 4.79 Å². The highest BCUT2D eigenvalue weighted by Crippen LogP contribution is 2.42. The average molecular weight is 281 g/mol. The first kappa shape index (κ1) is 14.2. The number of fused-ring (bicyclic) bond motifs is 1. The van der Waals surface area contributed by atoms with Crippen molar-refractivity contribution in [2.45, 2.75) is 45.4 Å². The van der Waals surface area contributed by atoms with Crippen LogP contribution >= 0.6 is 0 Å². The second-order valence-electron chi connectivity index (χ2n) is 7.04. The predicted molar refractivity (Wildman–Crippen MR) is 86.3 cm³/mol. The monoisotopic (exact) mass is 281 g/mol. The first-order valence-electron chi connectivity index (χ1n) is 7.86. The lowest BCUT2D eigenvalue weighted by atomic mass is 9.65. The Morgan fingerprint density at radius 1 is 1.14 bits per heavy atom. The van der Waals surface area contributed by atoms with Gasteiger partial charge in [-0.2, -0.15) is 0 Å². The molecule has 3 rings (SSSR count). The third-order valence-electron chi connectivity index (χ3n) is 5.12. The zero-order valence-corrected chi connectivity index (χ0v) is 13.1. The minimum Gasteiger partial charge on any atom is -0.299 e. The second kappa shape index (κ2) is 5.25. The Bertz CT molecular complexity index is 669. The number of ketones is 1. The van der Waals surface area contributed by atoms with Crippen LogP contribution in [0, 0.1) is 11.8 Å². The normalized spacial score (nSPS) is 23.5. The summed E-state index contributed by atoms with van der Waals surface area (Å²) in [5, 5.41) is 2.38. The maximum Gasteiger partial charge on any atom is 0.137 e. The number of pyridine rings is 1. The Kier molecular flexibility index (Phi) is 3.56. The van der Waals surface area contributed by atoms with Gasteiger partial charge in [0.25, 0.3) is 0 Å². The molecule has 0 spiro atoms. The summed E-state index contributed by atoms with van der Waals surface area (Å²) < 4.78 is 0. The molecule has 0 aliphatic heterocycles. The van der Waals surface area contributed by atoms with Crippen molar-refractivity contribution >= 4 is 16.6 Å². The maximum atomic E-state index is 12.5. The summed E-state index contributed by atoms with van der Waals surface area (Å²) >= 11 is 0. The summed E-state index contributed by atoms with van der Waals surface area (Å²) in [7, 11) is 0. The zero-order valence-electron chi connectivity index (χ0n) is 13.1. The number of carbonyl (C=O) groups excluding carboxylic acids is 1. The van der Waals surface area contributed by atoms with Crippen molar-refractivity contribution in [3.8, 4) is 0 Å². The van der Waals surface area contributed by atoms with Crippen molar-refractivity contribution in [2.75, 3.05) is 0 Å². The van der Waals surface area contributed by atoms with Gasteiger partial charge in [-0.1, -0.05) is 45.0 Å². The summed E-state index contributed by atoms with van der Waals surface area (Å²) in [6.07, 6.45) is 6.73. The Morgan fingerprint density at radius 3 is 2.67 bits per heavy atom. The summed E-state index contributed by atoms with van der Waals surface area (Å²) in [5.74, 6) is 1.07. The number of Topliss-reactive ketones (excluding diaryl/α,β-unsaturated/α-hetero) is 1. The molecule has 110 valence electrons. The van der Waals surface area contributed by atoms with Crippen LogP contribution in [0.4, 0.5) is 0 Å². The van der Waals surface area contributed by atoms with Crippen molar-refractivity contribution in [3.63, 3.8) is 0 Å². The molecule has 1 fully saturated rings. The lowest BCUT2D eigenvalue weighted by Crippen LogP contribution is -2.38. The third-order valence-corrected chi connectivity index (χ3v) is 5.12. The van der Waals surface area contributed by atoms with E-state index in [-0.39, 0.29) is 11.3 Å². The molecule has 0 radical (unpaired) electrons. The first-order valence-corrected chi connectivity index (χ1v) is 7.86. The first-order chi connectivity index (χ1) is 10.00. The van der Waals surface area contributed by atoms with E-state index < -0.39 is 0 Å². The number of nitrogens with zero attached hydrogens (tertiary/aromatic N) is 1. The van der Waals surface area contributed by atoms with E-state index in [2.05, 4.69) is 44.0 Å². The van der Waals surface area contributed by atoms with Gasteiger partial charge in [-0.15, -0.1) is 0 Å². The molecule has 1 saturated carbocycles. The SMILES string of the molecule is CC1CCC(C(C)(C)c2cncc3ccccc23)C(=O)C1. The molecule has 1 aliphatic rings. The highest BCUT2D eigenvalue weighted by molar-refractivity contribution is 5.88. The number of benzene rings is 1. The fourth-order valence-electron chi connectivity index (χ4n) is 3.78. The highest BCUT2D eigenvalue weighted by atomic mass is 16.1. The van der Waals surface area contributed by atoms with Crippen LogP contribution < -0.4 is 0 Å². The maximum absolute atomic E-state index is 12.5. The van der Waals surface area contributed by atoms with Crippen molar-refractivity contribution in [1.29, 1.82) is 0 Å². The minimum absolute atomic E-state index is 0.112. The van der Waals surface area contributed by atoms with Gasteiger partial charge < -0.3 is 0 Å². The third kappa shape index (κ3) is 2.48. The molecule has 0 saturated heterocycles. The molecule has 1 aromatic heterocycles. The minimum atomic E-state index is -0.162. The van der Waals surface area contributed by atoms with E-state index in [1.165, 1.54) is 10.9 Å². The van der Waals surface area contributed by atoms with E-state index in [0.29, 0.717) is 11.7 Å². The van der Waals surface area contributed by atoms with E-state index >= 15 is 0 Å². The number of rotatable bonds is 2. The lowest BCUT2D eigenvalue weighted by molar-refractivity contribution is -0.128. The Balaban J connectivity index is 2.06. The van der Waals surface area contributed by atoms with Gasteiger partial charge in [0.2, 0.25) is 0 Å². The van der Waals surface area contributed by atoms with Crippen molar-refractivity contribution in [1.82, 2.24) is 4.98 Å². The van der Waals surface area contributed by atoms with Crippen LogP contribution in [0.3, 0.4) is 0 Å². The molecule has 0 amide bonds. The Morgan fingerprint density at radius 2 is 1.90 bits per heavy atom. The Hall–Kier alpha value is -1.70. The van der Waals surface area contributed by atoms with Gasteiger partial charge in [0.1, 0.15) is 5.78 Å². The van der Waals surface area contributed by atoms with E-state index in [4.69, 9.17) is 0 Å². The predicted octanol–water partition coefficient (Wildman–Crippen LogP) is 4.52. The number of aromatic nitrogens is 1. The molecule has 1 aliphatic carbocycles. The van der Waals surface area contributed by atoms with Crippen LogP contribution in [-0.4, -0.2) is 10.8 Å². The standard InChI is InChI=1S/C19H23NO/c1-13-8-9-16(18(21)10-13)19(2,3)17-12-20-11-14-6-4-5-7-15(14)17/h4-7,11-13,16H,8-10H2,1-3H3. The molecule has 2 aromatic rings. The van der Waals surface area contributed by atoms with Gasteiger partial charge in [-0.05, 0) is 29.7 Å². The zero-order chi connectivity index (χ0) is 15.0. The molecule has 0 bridgehead atoms. The van der Waals surface area contributed by atoms with Crippen LogP contribution in [-0.2, 0) is 10.2 Å². The molecule has 21 heavy (non-hydrogen) atoms. The van der Waals surface area contributed by atoms with Crippen LogP contribution in [0.5, 0.6) is 0 Å². The highest BCUT2D eigenvalue weighted by Gasteiger charge is 2.39. The van der Waals surface area contributed by atoms with Gasteiger partial charge >= 0.3 is 0 Å². The summed E-state index contributed by atoms with van der Waals surface area (Å²) in [4.78, 5) is 16.9. The molecule has 1 heterocycles. The largest absolute Gasteiger partial charge is 0.299 e. The van der Waals surface area contributed by atoms with E-state index in [1.54, 1.807) is 0 Å². The summed E-state index contributed by atoms with van der Waals surface area (Å²) in [6, 6.07) is 8.33. The van der Waals surface area contributed by atoms with Crippen LogP contribution in [0.15, 0.2) is 36.7 Å². The number of hydrogen-bond acceptors (Lipinski definition) is 2. The quantitative estimate of drug-likeness (QED) is 0.810. The number of carbonyl (C=O) groups is 1. The molecule has 2 unspecified atom stereocenters. The van der Waals surface area contributed by atoms with Gasteiger partial charge in [-0.25, -0.2) is 0 Å². The molecule has 1 aromatic carbocycles. The molecular weight excluding hydrogens is 258 g/mol. The Labute approximate surface area is 126 Å².